The summed E-state index contributed by atoms with van der Waals surface area (Å²) in [6.45, 7) is 7.69. The first-order valence-electron chi connectivity index (χ1n) is 7.30. The van der Waals surface area contributed by atoms with Crippen LogP contribution in [0.4, 0.5) is 5.69 Å². The van der Waals surface area contributed by atoms with Crippen LogP contribution in [0.1, 0.15) is 44.6 Å². The Hall–Kier alpha value is -1.02. The van der Waals surface area contributed by atoms with Gasteiger partial charge in [0.05, 0.1) is 0 Å². The summed E-state index contributed by atoms with van der Waals surface area (Å²) in [5, 5.41) is 0. The Kier molecular flexibility index (Phi) is 4.65. The molecule has 1 aliphatic heterocycles. The molecule has 2 nitrogen and oxygen atoms in total. The molecule has 0 aliphatic carbocycles. The van der Waals surface area contributed by atoms with Gasteiger partial charge in [0.2, 0.25) is 0 Å². The Morgan fingerprint density at radius 2 is 2.17 bits per heavy atom. The van der Waals surface area contributed by atoms with E-state index >= 15 is 0 Å². The molecular formula is C16H26N2. The second-order valence-electron chi connectivity index (χ2n) is 5.58. The summed E-state index contributed by atoms with van der Waals surface area (Å²) >= 11 is 0. The molecule has 1 heterocycles. The van der Waals surface area contributed by atoms with Crippen molar-refractivity contribution in [3.8, 4) is 0 Å². The molecular weight excluding hydrogens is 220 g/mol. The Labute approximate surface area is 111 Å². The molecule has 2 unspecified atom stereocenters. The van der Waals surface area contributed by atoms with Gasteiger partial charge in [-0.1, -0.05) is 38.5 Å². The molecule has 100 valence electrons. The van der Waals surface area contributed by atoms with Gasteiger partial charge in [-0.25, -0.2) is 0 Å². The number of rotatable bonds is 5. The average molecular weight is 246 g/mol. The molecule has 0 spiro atoms. The Bertz CT molecular complexity index is 375. The van der Waals surface area contributed by atoms with Crippen molar-refractivity contribution in [2.24, 2.45) is 11.7 Å². The maximum atomic E-state index is 5.90. The van der Waals surface area contributed by atoms with Gasteiger partial charge in [0.1, 0.15) is 0 Å². The van der Waals surface area contributed by atoms with E-state index in [2.05, 4.69) is 43.0 Å². The van der Waals surface area contributed by atoms with Crippen LogP contribution in [0.15, 0.2) is 24.3 Å². The lowest BCUT2D eigenvalue weighted by Crippen LogP contribution is -2.37. The third kappa shape index (κ3) is 2.86. The van der Waals surface area contributed by atoms with Crippen LogP contribution in [0, 0.1) is 5.92 Å². The molecule has 0 saturated heterocycles. The topological polar surface area (TPSA) is 29.3 Å². The molecule has 2 heteroatoms. The van der Waals surface area contributed by atoms with E-state index in [1.807, 2.05) is 0 Å². The predicted octanol–water partition coefficient (Wildman–Crippen LogP) is 3.38. The molecule has 1 aromatic carbocycles. The minimum absolute atomic E-state index is 0.636. The SMILES string of the molecule is CCCC(CN)CN1CCC(C)c2ccccc21. The van der Waals surface area contributed by atoms with Crippen LogP contribution in [0.3, 0.4) is 0 Å². The first-order chi connectivity index (χ1) is 8.76. The zero-order chi connectivity index (χ0) is 13.0. The summed E-state index contributed by atoms with van der Waals surface area (Å²) in [6, 6.07) is 8.86. The van der Waals surface area contributed by atoms with Crippen molar-refractivity contribution in [3.05, 3.63) is 29.8 Å². The van der Waals surface area contributed by atoms with E-state index in [0.29, 0.717) is 11.8 Å². The van der Waals surface area contributed by atoms with Gasteiger partial charge in [-0.05, 0) is 42.9 Å². The van der Waals surface area contributed by atoms with Crippen molar-refractivity contribution in [3.63, 3.8) is 0 Å². The number of para-hydroxylation sites is 1. The third-order valence-electron chi connectivity index (χ3n) is 4.15. The van der Waals surface area contributed by atoms with E-state index < -0.39 is 0 Å². The van der Waals surface area contributed by atoms with Crippen LogP contribution >= 0.6 is 0 Å². The van der Waals surface area contributed by atoms with Crippen molar-refractivity contribution < 1.29 is 0 Å². The fourth-order valence-electron chi connectivity index (χ4n) is 3.01. The predicted molar refractivity (Wildman–Crippen MR) is 79.1 cm³/mol. The van der Waals surface area contributed by atoms with Crippen molar-refractivity contribution >= 4 is 5.69 Å². The molecule has 18 heavy (non-hydrogen) atoms. The van der Waals surface area contributed by atoms with E-state index in [-0.39, 0.29) is 0 Å². The maximum absolute atomic E-state index is 5.90. The summed E-state index contributed by atoms with van der Waals surface area (Å²) in [7, 11) is 0. The van der Waals surface area contributed by atoms with Gasteiger partial charge < -0.3 is 10.6 Å². The van der Waals surface area contributed by atoms with Crippen LogP contribution in [0.2, 0.25) is 0 Å². The van der Waals surface area contributed by atoms with E-state index in [4.69, 9.17) is 5.73 Å². The summed E-state index contributed by atoms with van der Waals surface area (Å²) < 4.78 is 0. The number of hydrogen-bond acceptors (Lipinski definition) is 2. The molecule has 0 amide bonds. The normalized spacial score (nSPS) is 20.6. The molecule has 0 bridgehead atoms. The van der Waals surface area contributed by atoms with Crippen molar-refractivity contribution in [2.45, 2.75) is 39.0 Å². The van der Waals surface area contributed by atoms with Gasteiger partial charge in [0, 0.05) is 18.8 Å². The van der Waals surface area contributed by atoms with Gasteiger partial charge in [0.25, 0.3) is 0 Å². The van der Waals surface area contributed by atoms with Crippen LogP contribution in [0.5, 0.6) is 0 Å². The molecule has 0 aromatic heterocycles. The van der Waals surface area contributed by atoms with Crippen molar-refractivity contribution in [1.82, 2.24) is 0 Å². The quantitative estimate of drug-likeness (QED) is 0.863. The van der Waals surface area contributed by atoms with Crippen molar-refractivity contribution in [1.29, 1.82) is 0 Å². The fourth-order valence-corrected chi connectivity index (χ4v) is 3.01. The number of anilines is 1. The summed E-state index contributed by atoms with van der Waals surface area (Å²) in [5.74, 6) is 1.33. The summed E-state index contributed by atoms with van der Waals surface area (Å²) in [4.78, 5) is 2.54. The summed E-state index contributed by atoms with van der Waals surface area (Å²) in [6.07, 6.45) is 3.74. The Balaban J connectivity index is 2.13. The second kappa shape index (κ2) is 6.24. The minimum Gasteiger partial charge on any atom is -0.371 e. The number of fused-ring (bicyclic) bond motifs is 1. The zero-order valence-corrected chi connectivity index (χ0v) is 11.7. The smallest absolute Gasteiger partial charge is 0.0401 e. The summed E-state index contributed by atoms with van der Waals surface area (Å²) in [5.41, 5.74) is 8.84. The highest BCUT2D eigenvalue weighted by molar-refractivity contribution is 5.57. The molecule has 0 saturated carbocycles. The molecule has 1 aromatic rings. The van der Waals surface area contributed by atoms with E-state index in [9.17, 15) is 0 Å². The molecule has 0 fully saturated rings. The van der Waals surface area contributed by atoms with Gasteiger partial charge >= 0.3 is 0 Å². The number of hydrogen-bond donors (Lipinski definition) is 1. The molecule has 2 N–H and O–H groups in total. The monoisotopic (exact) mass is 246 g/mol. The van der Waals surface area contributed by atoms with Crippen LogP contribution in [-0.4, -0.2) is 19.6 Å². The highest BCUT2D eigenvalue weighted by Gasteiger charge is 2.23. The molecule has 1 aliphatic rings. The van der Waals surface area contributed by atoms with Crippen LogP contribution < -0.4 is 10.6 Å². The maximum Gasteiger partial charge on any atom is 0.0401 e. The first-order valence-corrected chi connectivity index (χ1v) is 7.30. The Morgan fingerprint density at radius 3 is 2.89 bits per heavy atom. The lowest BCUT2D eigenvalue weighted by atomic mass is 9.90. The largest absolute Gasteiger partial charge is 0.371 e. The molecule has 2 rings (SSSR count). The second-order valence-corrected chi connectivity index (χ2v) is 5.58. The van der Waals surface area contributed by atoms with Crippen LogP contribution in [-0.2, 0) is 0 Å². The van der Waals surface area contributed by atoms with Gasteiger partial charge in [-0.2, -0.15) is 0 Å². The van der Waals surface area contributed by atoms with Gasteiger partial charge in [0.15, 0.2) is 0 Å². The lowest BCUT2D eigenvalue weighted by Gasteiger charge is -2.36. The van der Waals surface area contributed by atoms with Crippen molar-refractivity contribution in [2.75, 3.05) is 24.5 Å². The van der Waals surface area contributed by atoms with Gasteiger partial charge in [-0.15, -0.1) is 0 Å². The minimum atomic E-state index is 0.636. The number of nitrogens with two attached hydrogens (primary N) is 1. The van der Waals surface area contributed by atoms with Crippen LogP contribution in [0.25, 0.3) is 0 Å². The first kappa shape index (κ1) is 13.4. The number of nitrogens with zero attached hydrogens (tertiary/aromatic N) is 1. The third-order valence-corrected chi connectivity index (χ3v) is 4.15. The Morgan fingerprint density at radius 1 is 1.39 bits per heavy atom. The highest BCUT2D eigenvalue weighted by atomic mass is 15.1. The lowest BCUT2D eigenvalue weighted by molar-refractivity contribution is 0.467. The highest BCUT2D eigenvalue weighted by Crippen LogP contribution is 2.35. The average Bonchev–Trinajstić information content (AvgIpc) is 2.41. The number of benzene rings is 1. The molecule has 0 radical (unpaired) electrons. The standard InChI is InChI=1S/C16H26N2/c1-3-6-14(11-17)12-18-10-9-13(2)15-7-4-5-8-16(15)18/h4-5,7-8,13-14H,3,6,9-12,17H2,1-2H3. The zero-order valence-electron chi connectivity index (χ0n) is 11.7. The molecule has 2 atom stereocenters. The van der Waals surface area contributed by atoms with E-state index in [0.717, 1.165) is 13.1 Å². The fraction of sp³-hybridized carbons (Fsp3) is 0.625. The van der Waals surface area contributed by atoms with Gasteiger partial charge in [-0.3, -0.25) is 0 Å². The van der Waals surface area contributed by atoms with E-state index in [1.54, 1.807) is 0 Å². The van der Waals surface area contributed by atoms with E-state index in [1.165, 1.54) is 37.1 Å².